The maximum atomic E-state index is 12.7. The molecule has 0 bridgehead atoms. The fraction of sp³-hybridized carbons (Fsp3) is 0.200. The Labute approximate surface area is 135 Å². The summed E-state index contributed by atoms with van der Waals surface area (Å²) in [7, 11) is 0. The predicted octanol–water partition coefficient (Wildman–Crippen LogP) is 4.78. The Bertz CT molecular complexity index is 854. The zero-order chi connectivity index (χ0) is 16.4. The minimum atomic E-state index is -0.324. The molecule has 1 aromatic heterocycles. The molecule has 3 rings (SSSR count). The van der Waals surface area contributed by atoms with E-state index in [0.717, 1.165) is 22.0 Å². The number of aryl methyl sites for hydroxylation is 1. The summed E-state index contributed by atoms with van der Waals surface area (Å²) in [6, 6.07) is 17.6. The fourth-order valence-corrected chi connectivity index (χ4v) is 2.70. The van der Waals surface area contributed by atoms with Gasteiger partial charge in [0.15, 0.2) is 0 Å². The van der Waals surface area contributed by atoms with Gasteiger partial charge in [0.1, 0.15) is 0 Å². The third-order valence-corrected chi connectivity index (χ3v) is 3.75. The summed E-state index contributed by atoms with van der Waals surface area (Å²) in [6.07, 6.45) is -0.169. The molecule has 23 heavy (non-hydrogen) atoms. The number of carbonyl (C=O) groups excluding carboxylic acids is 1. The first-order valence-corrected chi connectivity index (χ1v) is 7.73. The van der Waals surface area contributed by atoms with E-state index in [4.69, 9.17) is 9.72 Å². The van der Waals surface area contributed by atoms with Crippen LogP contribution in [0.15, 0.2) is 54.6 Å². The monoisotopic (exact) mass is 305 g/mol. The minimum Gasteiger partial charge on any atom is -0.459 e. The van der Waals surface area contributed by atoms with Crippen molar-refractivity contribution in [2.24, 2.45) is 0 Å². The highest BCUT2D eigenvalue weighted by Crippen LogP contribution is 2.30. The Balaban J connectivity index is 2.30. The summed E-state index contributed by atoms with van der Waals surface area (Å²) in [6.45, 7) is 5.65. The van der Waals surface area contributed by atoms with Gasteiger partial charge in [-0.2, -0.15) is 0 Å². The molecule has 0 aliphatic heterocycles. The van der Waals surface area contributed by atoms with Gasteiger partial charge >= 0.3 is 5.97 Å². The van der Waals surface area contributed by atoms with E-state index in [2.05, 4.69) is 0 Å². The van der Waals surface area contributed by atoms with Crippen molar-refractivity contribution in [3.8, 4) is 11.3 Å². The molecule has 0 spiro atoms. The Morgan fingerprint density at radius 1 is 1.00 bits per heavy atom. The lowest BCUT2D eigenvalue weighted by atomic mass is 9.97. The summed E-state index contributed by atoms with van der Waals surface area (Å²) in [5.74, 6) is -0.324. The van der Waals surface area contributed by atoms with Crippen LogP contribution in [-0.2, 0) is 4.74 Å². The van der Waals surface area contributed by atoms with Gasteiger partial charge in [0.25, 0.3) is 0 Å². The molecule has 0 atom stereocenters. The predicted molar refractivity (Wildman–Crippen MR) is 92.5 cm³/mol. The van der Waals surface area contributed by atoms with Gasteiger partial charge in [-0.15, -0.1) is 0 Å². The molecule has 1 heterocycles. The molecule has 0 amide bonds. The number of fused-ring (bicyclic) bond motifs is 1. The van der Waals surface area contributed by atoms with Crippen LogP contribution in [0.1, 0.15) is 29.8 Å². The van der Waals surface area contributed by atoms with E-state index in [9.17, 15) is 4.79 Å². The highest BCUT2D eigenvalue weighted by atomic mass is 16.5. The molecule has 0 aliphatic carbocycles. The van der Waals surface area contributed by atoms with Crippen molar-refractivity contribution in [3.05, 3.63) is 65.7 Å². The molecule has 3 aromatic rings. The SMILES string of the molecule is Cc1c(C(=O)OC(C)C)c(-c2ccccc2)nc2ccccc12. The minimum absolute atomic E-state index is 0.169. The molecule has 0 N–H and O–H groups in total. The van der Waals surface area contributed by atoms with Crippen molar-refractivity contribution in [2.45, 2.75) is 26.9 Å². The Morgan fingerprint density at radius 3 is 2.35 bits per heavy atom. The molecule has 0 fully saturated rings. The number of hydrogen-bond donors (Lipinski definition) is 0. The van der Waals surface area contributed by atoms with Gasteiger partial charge in [-0.25, -0.2) is 9.78 Å². The second kappa shape index (κ2) is 6.21. The van der Waals surface area contributed by atoms with Crippen LogP contribution in [0.2, 0.25) is 0 Å². The lowest BCUT2D eigenvalue weighted by Crippen LogP contribution is -2.15. The molecular weight excluding hydrogens is 286 g/mol. The van der Waals surface area contributed by atoms with Gasteiger partial charge in [-0.1, -0.05) is 48.5 Å². The number of nitrogens with zero attached hydrogens (tertiary/aromatic N) is 1. The van der Waals surface area contributed by atoms with Crippen LogP contribution >= 0.6 is 0 Å². The lowest BCUT2D eigenvalue weighted by Gasteiger charge is -2.15. The van der Waals surface area contributed by atoms with Crippen LogP contribution in [0.4, 0.5) is 0 Å². The van der Waals surface area contributed by atoms with E-state index in [1.807, 2.05) is 75.4 Å². The first-order valence-electron chi connectivity index (χ1n) is 7.73. The van der Waals surface area contributed by atoms with Crippen molar-refractivity contribution < 1.29 is 9.53 Å². The summed E-state index contributed by atoms with van der Waals surface area (Å²) in [5, 5.41) is 0.975. The van der Waals surface area contributed by atoms with Crippen LogP contribution in [0, 0.1) is 6.92 Å². The highest BCUT2D eigenvalue weighted by Gasteiger charge is 2.21. The van der Waals surface area contributed by atoms with Gasteiger partial charge in [0, 0.05) is 10.9 Å². The number of para-hydroxylation sites is 1. The summed E-state index contributed by atoms with van der Waals surface area (Å²) in [5.41, 5.74) is 3.91. The molecule has 0 saturated carbocycles. The first-order chi connectivity index (χ1) is 11.1. The quantitative estimate of drug-likeness (QED) is 0.654. The smallest absolute Gasteiger partial charge is 0.340 e. The standard InChI is InChI=1S/C20H19NO2/c1-13(2)23-20(22)18-14(3)16-11-7-8-12-17(16)21-19(18)15-9-5-4-6-10-15/h4-13H,1-3H3. The molecule has 116 valence electrons. The number of aromatic nitrogens is 1. The van der Waals surface area contributed by atoms with E-state index >= 15 is 0 Å². The van der Waals surface area contributed by atoms with Crippen LogP contribution in [0.5, 0.6) is 0 Å². The van der Waals surface area contributed by atoms with Crippen molar-refractivity contribution in [3.63, 3.8) is 0 Å². The first kappa shape index (κ1) is 15.2. The second-order valence-corrected chi connectivity index (χ2v) is 5.80. The van der Waals surface area contributed by atoms with E-state index in [0.29, 0.717) is 11.3 Å². The average Bonchev–Trinajstić information content (AvgIpc) is 2.55. The summed E-state index contributed by atoms with van der Waals surface area (Å²) >= 11 is 0. The van der Waals surface area contributed by atoms with E-state index < -0.39 is 0 Å². The Morgan fingerprint density at radius 2 is 1.65 bits per heavy atom. The average molecular weight is 305 g/mol. The highest BCUT2D eigenvalue weighted by molar-refractivity contribution is 6.03. The number of benzene rings is 2. The largest absolute Gasteiger partial charge is 0.459 e. The topological polar surface area (TPSA) is 39.2 Å². The van der Waals surface area contributed by atoms with Crippen LogP contribution < -0.4 is 0 Å². The summed E-state index contributed by atoms with van der Waals surface area (Å²) in [4.78, 5) is 17.4. The number of esters is 1. The van der Waals surface area contributed by atoms with Crippen LogP contribution in [0.25, 0.3) is 22.2 Å². The van der Waals surface area contributed by atoms with E-state index in [-0.39, 0.29) is 12.1 Å². The van der Waals surface area contributed by atoms with Gasteiger partial charge < -0.3 is 4.74 Å². The van der Waals surface area contributed by atoms with Crippen LogP contribution in [-0.4, -0.2) is 17.1 Å². The molecule has 0 aliphatic rings. The van der Waals surface area contributed by atoms with E-state index in [1.165, 1.54) is 0 Å². The van der Waals surface area contributed by atoms with Crippen molar-refractivity contribution in [2.75, 3.05) is 0 Å². The molecule has 0 radical (unpaired) electrons. The fourth-order valence-electron chi connectivity index (χ4n) is 2.70. The zero-order valence-corrected chi connectivity index (χ0v) is 13.5. The number of ether oxygens (including phenoxy) is 1. The normalized spacial score (nSPS) is 11.0. The Kier molecular flexibility index (Phi) is 4.11. The molecule has 3 heteroatoms. The molecule has 2 aromatic carbocycles. The molecular formula is C20H19NO2. The van der Waals surface area contributed by atoms with Gasteiger partial charge in [-0.05, 0) is 32.4 Å². The zero-order valence-electron chi connectivity index (χ0n) is 13.5. The van der Waals surface area contributed by atoms with Crippen LogP contribution in [0.3, 0.4) is 0 Å². The van der Waals surface area contributed by atoms with Crippen molar-refractivity contribution in [1.82, 2.24) is 4.98 Å². The lowest BCUT2D eigenvalue weighted by molar-refractivity contribution is 0.0378. The molecule has 0 unspecified atom stereocenters. The molecule has 0 saturated heterocycles. The number of pyridine rings is 1. The van der Waals surface area contributed by atoms with E-state index in [1.54, 1.807) is 0 Å². The van der Waals surface area contributed by atoms with Crippen molar-refractivity contribution >= 4 is 16.9 Å². The number of hydrogen-bond acceptors (Lipinski definition) is 3. The van der Waals surface area contributed by atoms with Gasteiger partial charge in [0.2, 0.25) is 0 Å². The third kappa shape index (κ3) is 2.95. The van der Waals surface area contributed by atoms with Crippen molar-refractivity contribution in [1.29, 1.82) is 0 Å². The number of rotatable bonds is 3. The second-order valence-electron chi connectivity index (χ2n) is 5.80. The van der Waals surface area contributed by atoms with Gasteiger partial charge in [-0.3, -0.25) is 0 Å². The Hall–Kier alpha value is -2.68. The maximum Gasteiger partial charge on any atom is 0.340 e. The summed E-state index contributed by atoms with van der Waals surface area (Å²) < 4.78 is 5.45. The van der Waals surface area contributed by atoms with Gasteiger partial charge in [0.05, 0.1) is 22.9 Å². The number of carbonyl (C=O) groups is 1. The third-order valence-electron chi connectivity index (χ3n) is 3.75. The maximum absolute atomic E-state index is 12.7. The molecule has 3 nitrogen and oxygen atoms in total.